The number of benzene rings is 2. The van der Waals surface area contributed by atoms with Crippen LogP contribution in [0.5, 0.6) is 11.5 Å². The SMILES string of the molecule is COc1cc[c-]c(C=NC(C)(C)C)c1.COc1cc[c-]c(C=NC(C)(C)C)c1.[Cl][Pd+].[Cl][Pd+]. The third kappa shape index (κ3) is 18.8. The number of halogens is 2. The molecule has 0 aromatic heterocycles. The molecule has 0 amide bonds. The van der Waals surface area contributed by atoms with Crippen molar-refractivity contribution in [2.24, 2.45) is 9.98 Å². The van der Waals surface area contributed by atoms with Gasteiger partial charge in [0.05, 0.1) is 14.2 Å². The molecule has 0 spiro atoms. The van der Waals surface area contributed by atoms with Crippen LogP contribution < -0.4 is 9.47 Å². The van der Waals surface area contributed by atoms with Crippen molar-refractivity contribution in [3.05, 3.63) is 59.7 Å². The maximum atomic E-state index is 5.11. The molecule has 32 heavy (non-hydrogen) atoms. The Morgan fingerprint density at radius 3 is 1.28 bits per heavy atom. The third-order valence-electron chi connectivity index (χ3n) is 3.24. The van der Waals surface area contributed by atoms with Crippen molar-refractivity contribution < 1.29 is 45.8 Å². The zero-order valence-electron chi connectivity index (χ0n) is 19.7. The summed E-state index contributed by atoms with van der Waals surface area (Å²) >= 11 is 4.44. The second-order valence-electron chi connectivity index (χ2n) is 8.23. The van der Waals surface area contributed by atoms with Gasteiger partial charge in [0.15, 0.2) is 0 Å². The van der Waals surface area contributed by atoms with E-state index in [9.17, 15) is 0 Å². The molecule has 2 aromatic rings. The number of hydrogen-bond donors (Lipinski definition) is 0. The molecular formula is C24H32Cl2N2O2Pd2. The zero-order chi connectivity index (χ0) is 25.2. The molecule has 4 nitrogen and oxygen atoms in total. The van der Waals surface area contributed by atoms with Gasteiger partial charge in [-0.1, -0.05) is 12.4 Å². The minimum absolute atomic E-state index is 0.0447. The molecular weight excluding hydrogens is 632 g/mol. The predicted molar refractivity (Wildman–Crippen MR) is 130 cm³/mol. The zero-order valence-corrected chi connectivity index (χ0v) is 24.3. The summed E-state index contributed by atoms with van der Waals surface area (Å²) < 4.78 is 10.2. The van der Waals surface area contributed by atoms with E-state index < -0.39 is 0 Å². The first-order chi connectivity index (χ1) is 15.0. The predicted octanol–water partition coefficient (Wildman–Crippen LogP) is 6.80. The van der Waals surface area contributed by atoms with Crippen LogP contribution in [0.4, 0.5) is 0 Å². The first-order valence-corrected chi connectivity index (χ1v) is 13.5. The number of rotatable bonds is 4. The molecule has 0 bridgehead atoms. The van der Waals surface area contributed by atoms with E-state index >= 15 is 0 Å². The first-order valence-electron chi connectivity index (χ1n) is 9.48. The van der Waals surface area contributed by atoms with Crippen LogP contribution in [0, 0.1) is 12.1 Å². The van der Waals surface area contributed by atoms with E-state index in [4.69, 9.17) is 9.47 Å². The Bertz CT molecular complexity index is 736. The van der Waals surface area contributed by atoms with E-state index in [0.29, 0.717) is 0 Å². The van der Waals surface area contributed by atoms with E-state index in [0.717, 1.165) is 22.6 Å². The standard InChI is InChI=1S/2C12H16NO.2ClH.2Pd/c2*1-12(2,3)13-9-10-6-5-7-11(8-10)14-4;;;;/h2*5,7-9H,1-4H3;2*1H;;/q2*-1;;;2*+2/p-2. The van der Waals surface area contributed by atoms with Gasteiger partial charge in [0.25, 0.3) is 0 Å². The van der Waals surface area contributed by atoms with E-state index in [1.807, 2.05) is 48.8 Å². The van der Waals surface area contributed by atoms with Crippen LogP contribution >= 0.6 is 19.1 Å². The summed E-state index contributed by atoms with van der Waals surface area (Å²) in [6.45, 7) is 12.4. The van der Waals surface area contributed by atoms with Gasteiger partial charge < -0.3 is 19.5 Å². The van der Waals surface area contributed by atoms with Gasteiger partial charge in [0, 0.05) is 22.6 Å². The molecule has 2 aromatic carbocycles. The number of nitrogens with zero attached hydrogens (tertiary/aromatic N) is 2. The van der Waals surface area contributed by atoms with E-state index in [1.165, 1.54) is 0 Å². The Hall–Kier alpha value is -0.715. The third-order valence-corrected chi connectivity index (χ3v) is 3.24. The second kappa shape index (κ2) is 18.7. The molecule has 0 aliphatic rings. The molecule has 0 radical (unpaired) electrons. The Morgan fingerprint density at radius 1 is 0.719 bits per heavy atom. The number of ether oxygens (including phenoxy) is 2. The number of methoxy groups -OCH3 is 2. The normalized spacial score (nSPS) is 10.9. The van der Waals surface area contributed by atoms with Gasteiger partial charge in [-0.3, -0.25) is 0 Å². The van der Waals surface area contributed by atoms with Crippen molar-refractivity contribution in [1.29, 1.82) is 0 Å². The quantitative estimate of drug-likeness (QED) is 0.205. The van der Waals surface area contributed by atoms with Crippen molar-refractivity contribution in [3.63, 3.8) is 0 Å². The van der Waals surface area contributed by atoms with Gasteiger partial charge in [-0.25, -0.2) is 0 Å². The summed E-state index contributed by atoms with van der Waals surface area (Å²) in [5.41, 5.74) is 1.80. The molecule has 2 rings (SSSR count). The molecule has 0 saturated heterocycles. The van der Waals surface area contributed by atoms with Crippen LogP contribution in [-0.4, -0.2) is 37.7 Å². The fraction of sp³-hybridized carbons (Fsp3) is 0.417. The summed E-state index contributed by atoms with van der Waals surface area (Å²) in [6, 6.07) is 17.4. The molecule has 0 fully saturated rings. The summed E-state index contributed by atoms with van der Waals surface area (Å²) in [7, 11) is 12.3. The van der Waals surface area contributed by atoms with Crippen LogP contribution in [0.1, 0.15) is 52.7 Å². The molecule has 0 unspecified atom stereocenters. The van der Waals surface area contributed by atoms with Crippen molar-refractivity contribution in [1.82, 2.24) is 0 Å². The van der Waals surface area contributed by atoms with Crippen LogP contribution in [0.2, 0.25) is 0 Å². The van der Waals surface area contributed by atoms with Gasteiger partial charge in [-0.2, -0.15) is 0 Å². The van der Waals surface area contributed by atoms with Crippen molar-refractivity contribution >= 4 is 31.5 Å². The van der Waals surface area contributed by atoms with Gasteiger partial charge in [-0.15, -0.1) is 59.7 Å². The molecule has 0 N–H and O–H groups in total. The van der Waals surface area contributed by atoms with Crippen LogP contribution in [-0.2, 0) is 36.4 Å². The summed E-state index contributed by atoms with van der Waals surface area (Å²) in [6.07, 6.45) is 3.64. The number of hydrogen-bond acceptors (Lipinski definition) is 4. The number of aliphatic imine (C=N–C) groups is 2. The Morgan fingerprint density at radius 2 is 1.03 bits per heavy atom. The topological polar surface area (TPSA) is 43.2 Å². The molecule has 0 heterocycles. The molecule has 0 atom stereocenters. The van der Waals surface area contributed by atoms with Gasteiger partial charge >= 0.3 is 55.4 Å². The van der Waals surface area contributed by atoms with Crippen molar-refractivity contribution in [3.8, 4) is 11.5 Å². The fourth-order valence-corrected chi connectivity index (χ4v) is 1.86. The summed E-state index contributed by atoms with van der Waals surface area (Å²) in [5.74, 6) is 1.67. The van der Waals surface area contributed by atoms with E-state index in [2.05, 4.69) is 119 Å². The maximum absolute atomic E-state index is 5.11. The molecule has 8 heteroatoms. The second-order valence-corrected chi connectivity index (χ2v) is 8.23. The van der Waals surface area contributed by atoms with Crippen LogP contribution in [0.25, 0.3) is 0 Å². The van der Waals surface area contributed by atoms with Gasteiger partial charge in [0.1, 0.15) is 0 Å². The Balaban J connectivity index is 0. The van der Waals surface area contributed by atoms with Crippen LogP contribution in [0.15, 0.2) is 46.4 Å². The molecule has 184 valence electrons. The van der Waals surface area contributed by atoms with E-state index in [1.54, 1.807) is 14.2 Å². The summed E-state index contributed by atoms with van der Waals surface area (Å²) in [4.78, 5) is 8.78. The van der Waals surface area contributed by atoms with Crippen molar-refractivity contribution in [2.75, 3.05) is 14.2 Å². The van der Waals surface area contributed by atoms with Crippen molar-refractivity contribution in [2.45, 2.75) is 52.6 Å². The Labute approximate surface area is 224 Å². The molecule has 0 saturated carbocycles. The molecule has 0 aliphatic carbocycles. The molecule has 0 aliphatic heterocycles. The monoisotopic (exact) mass is 662 g/mol. The van der Waals surface area contributed by atoms with E-state index in [-0.39, 0.29) is 11.1 Å². The fourth-order valence-electron chi connectivity index (χ4n) is 1.86. The average molecular weight is 664 g/mol. The summed E-state index contributed by atoms with van der Waals surface area (Å²) in [5, 5.41) is 0. The Kier molecular flexibility index (Phi) is 19.5. The minimum atomic E-state index is -0.0447. The van der Waals surface area contributed by atoms with Gasteiger partial charge in [0.2, 0.25) is 0 Å². The van der Waals surface area contributed by atoms with Gasteiger partial charge in [-0.05, 0) is 41.5 Å². The first kappa shape index (κ1) is 33.5. The average Bonchev–Trinajstić information content (AvgIpc) is 2.79. The van der Waals surface area contributed by atoms with Crippen LogP contribution in [0.3, 0.4) is 0 Å².